The van der Waals surface area contributed by atoms with Crippen LogP contribution in [-0.2, 0) is 6.42 Å². The molecule has 1 unspecified atom stereocenters. The highest BCUT2D eigenvalue weighted by Crippen LogP contribution is 2.28. The number of hydrogen-bond donors (Lipinski definition) is 1. The first-order valence-electron chi connectivity index (χ1n) is 5.01. The fraction of sp³-hybridized carbons (Fsp3) is 0.167. The highest BCUT2D eigenvalue weighted by atomic mass is 35.5. The minimum absolute atomic E-state index is 0.0996. The predicted octanol–water partition coefficient (Wildman–Crippen LogP) is 3.97. The lowest BCUT2D eigenvalue weighted by atomic mass is 10.0. The van der Waals surface area contributed by atoms with E-state index in [0.29, 0.717) is 17.5 Å². The zero-order valence-corrected chi connectivity index (χ0v) is 10.3. The van der Waals surface area contributed by atoms with E-state index in [1.807, 2.05) is 0 Å². The summed E-state index contributed by atoms with van der Waals surface area (Å²) in [6.45, 7) is 0. The van der Waals surface area contributed by atoms with E-state index in [0.717, 1.165) is 0 Å². The molecule has 1 heterocycles. The highest BCUT2D eigenvalue weighted by molar-refractivity contribution is 6.31. The quantitative estimate of drug-likeness (QED) is 0.919. The molecule has 17 heavy (non-hydrogen) atoms. The van der Waals surface area contributed by atoms with E-state index in [4.69, 9.17) is 33.4 Å². The first-order valence-corrected chi connectivity index (χ1v) is 5.76. The van der Waals surface area contributed by atoms with Gasteiger partial charge in [-0.05, 0) is 35.7 Å². The summed E-state index contributed by atoms with van der Waals surface area (Å²) in [6, 6.07) is 5.96. The molecule has 0 spiro atoms. The molecule has 0 amide bonds. The van der Waals surface area contributed by atoms with Crippen LogP contribution in [0.3, 0.4) is 0 Å². The fourth-order valence-corrected chi connectivity index (χ4v) is 2.08. The Morgan fingerprint density at radius 1 is 1.29 bits per heavy atom. The zero-order valence-electron chi connectivity index (χ0n) is 8.79. The average Bonchev–Trinajstić information content (AvgIpc) is 2.71. The second-order valence-electron chi connectivity index (χ2n) is 3.67. The Morgan fingerprint density at radius 2 is 2.06 bits per heavy atom. The molecule has 0 radical (unpaired) electrons. The summed E-state index contributed by atoms with van der Waals surface area (Å²) < 4.78 is 18.2. The maximum absolute atomic E-state index is 13.2. The molecule has 2 N–H and O–H groups in total. The largest absolute Gasteiger partial charge is 0.453 e. The van der Waals surface area contributed by atoms with Crippen LogP contribution < -0.4 is 5.73 Å². The van der Waals surface area contributed by atoms with Crippen LogP contribution in [0.25, 0.3) is 0 Å². The molecule has 90 valence electrons. The second-order valence-corrected chi connectivity index (χ2v) is 4.39. The summed E-state index contributed by atoms with van der Waals surface area (Å²) in [4.78, 5) is 0. The molecule has 5 heteroatoms. The molecule has 0 aliphatic rings. The fourth-order valence-electron chi connectivity index (χ4n) is 1.62. The minimum Gasteiger partial charge on any atom is -0.453 e. The molecule has 0 aliphatic heterocycles. The summed E-state index contributed by atoms with van der Waals surface area (Å²) in [5, 5.41) is 0.354. The van der Waals surface area contributed by atoms with Crippen LogP contribution in [0.4, 0.5) is 4.39 Å². The van der Waals surface area contributed by atoms with Crippen LogP contribution in [0.2, 0.25) is 10.2 Å². The van der Waals surface area contributed by atoms with Gasteiger partial charge in [-0.1, -0.05) is 23.7 Å². The third-order valence-electron chi connectivity index (χ3n) is 2.52. The Labute approximate surface area is 108 Å². The number of nitrogens with two attached hydrogens (primary N) is 1. The second kappa shape index (κ2) is 5.08. The Bertz CT molecular complexity index is 527. The topological polar surface area (TPSA) is 39.2 Å². The molecule has 0 bridgehead atoms. The van der Waals surface area contributed by atoms with Crippen LogP contribution in [-0.4, -0.2) is 0 Å². The molecule has 2 aromatic rings. The summed E-state index contributed by atoms with van der Waals surface area (Å²) in [5.41, 5.74) is 7.30. The van der Waals surface area contributed by atoms with Crippen molar-refractivity contribution in [3.63, 3.8) is 0 Å². The van der Waals surface area contributed by atoms with Gasteiger partial charge in [0, 0.05) is 11.6 Å². The molecule has 1 atom stereocenters. The van der Waals surface area contributed by atoms with Crippen LogP contribution >= 0.6 is 23.2 Å². The van der Waals surface area contributed by atoms with Gasteiger partial charge in [0.05, 0.1) is 11.3 Å². The van der Waals surface area contributed by atoms with Crippen molar-refractivity contribution in [2.24, 2.45) is 5.73 Å². The Kier molecular flexibility index (Phi) is 3.72. The number of halogens is 3. The maximum Gasteiger partial charge on any atom is 0.197 e. The SMILES string of the molecule is NC(Cc1cccc(F)c1Cl)c1ccoc1Cl. The van der Waals surface area contributed by atoms with Crippen molar-refractivity contribution >= 4 is 23.2 Å². The summed E-state index contributed by atoms with van der Waals surface area (Å²) >= 11 is 11.7. The Hall–Kier alpha value is -1.03. The first-order chi connectivity index (χ1) is 8.09. The molecular formula is C12H10Cl2FNO. The molecule has 2 rings (SSSR count). The molecule has 1 aromatic carbocycles. The van der Waals surface area contributed by atoms with Crippen molar-refractivity contribution in [2.45, 2.75) is 12.5 Å². The molecule has 0 fully saturated rings. The van der Waals surface area contributed by atoms with Crippen molar-refractivity contribution in [1.29, 1.82) is 0 Å². The smallest absolute Gasteiger partial charge is 0.197 e. The van der Waals surface area contributed by atoms with E-state index < -0.39 is 5.82 Å². The number of benzene rings is 1. The van der Waals surface area contributed by atoms with Crippen LogP contribution in [0, 0.1) is 5.82 Å². The monoisotopic (exact) mass is 273 g/mol. The third kappa shape index (κ3) is 2.63. The van der Waals surface area contributed by atoms with Gasteiger partial charge in [-0.3, -0.25) is 0 Å². The standard InChI is InChI=1S/C12H10Cl2FNO/c13-11-7(2-1-3-9(11)15)6-10(16)8-4-5-17-12(8)14/h1-5,10H,6,16H2. The van der Waals surface area contributed by atoms with E-state index >= 15 is 0 Å². The number of rotatable bonds is 3. The lowest BCUT2D eigenvalue weighted by Gasteiger charge is -2.11. The number of furan rings is 1. The van der Waals surface area contributed by atoms with Gasteiger partial charge >= 0.3 is 0 Å². The molecule has 0 saturated carbocycles. The minimum atomic E-state index is -0.449. The van der Waals surface area contributed by atoms with Crippen molar-refractivity contribution in [3.8, 4) is 0 Å². The average molecular weight is 274 g/mol. The lowest BCUT2D eigenvalue weighted by molar-refractivity contribution is 0.560. The van der Waals surface area contributed by atoms with Crippen molar-refractivity contribution in [3.05, 3.63) is 57.7 Å². The van der Waals surface area contributed by atoms with Gasteiger partial charge in [0.1, 0.15) is 5.82 Å². The van der Waals surface area contributed by atoms with E-state index in [-0.39, 0.29) is 16.3 Å². The maximum atomic E-state index is 13.2. The van der Waals surface area contributed by atoms with Gasteiger partial charge < -0.3 is 10.2 Å². The number of hydrogen-bond acceptors (Lipinski definition) is 2. The van der Waals surface area contributed by atoms with Crippen LogP contribution in [0.1, 0.15) is 17.2 Å². The lowest BCUT2D eigenvalue weighted by Crippen LogP contribution is -2.13. The van der Waals surface area contributed by atoms with Gasteiger partial charge in [-0.2, -0.15) is 0 Å². The van der Waals surface area contributed by atoms with E-state index in [2.05, 4.69) is 0 Å². The molecule has 1 aromatic heterocycles. The normalized spacial score (nSPS) is 12.7. The van der Waals surface area contributed by atoms with Gasteiger partial charge in [0.2, 0.25) is 0 Å². The van der Waals surface area contributed by atoms with E-state index in [1.165, 1.54) is 12.3 Å². The van der Waals surface area contributed by atoms with Crippen LogP contribution in [0.5, 0.6) is 0 Å². The first kappa shape index (κ1) is 12.4. The Balaban J connectivity index is 2.22. The van der Waals surface area contributed by atoms with Crippen molar-refractivity contribution in [1.82, 2.24) is 0 Å². The van der Waals surface area contributed by atoms with Crippen molar-refractivity contribution in [2.75, 3.05) is 0 Å². The molecular weight excluding hydrogens is 264 g/mol. The third-order valence-corrected chi connectivity index (χ3v) is 3.25. The van der Waals surface area contributed by atoms with E-state index in [1.54, 1.807) is 18.2 Å². The van der Waals surface area contributed by atoms with Crippen molar-refractivity contribution < 1.29 is 8.81 Å². The molecule has 0 saturated heterocycles. The molecule has 0 aliphatic carbocycles. The zero-order chi connectivity index (χ0) is 12.4. The Morgan fingerprint density at radius 3 is 2.71 bits per heavy atom. The van der Waals surface area contributed by atoms with Gasteiger partial charge in [-0.25, -0.2) is 4.39 Å². The van der Waals surface area contributed by atoms with Crippen LogP contribution in [0.15, 0.2) is 34.9 Å². The summed E-state index contributed by atoms with van der Waals surface area (Å²) in [6.07, 6.45) is 1.86. The molecule has 2 nitrogen and oxygen atoms in total. The highest BCUT2D eigenvalue weighted by Gasteiger charge is 2.15. The summed E-state index contributed by atoms with van der Waals surface area (Å²) in [7, 11) is 0. The van der Waals surface area contributed by atoms with Gasteiger partial charge in [0.25, 0.3) is 0 Å². The van der Waals surface area contributed by atoms with Gasteiger partial charge in [0.15, 0.2) is 5.22 Å². The van der Waals surface area contributed by atoms with E-state index in [9.17, 15) is 4.39 Å². The predicted molar refractivity (Wildman–Crippen MR) is 65.8 cm³/mol. The summed E-state index contributed by atoms with van der Waals surface area (Å²) in [5.74, 6) is -0.449. The van der Waals surface area contributed by atoms with Gasteiger partial charge in [-0.15, -0.1) is 0 Å².